The Balaban J connectivity index is 1.76. The summed E-state index contributed by atoms with van der Waals surface area (Å²) in [7, 11) is 0. The third-order valence-corrected chi connectivity index (χ3v) is 4.57. The molecule has 0 aromatic heterocycles. The van der Waals surface area contributed by atoms with Gasteiger partial charge in [-0.2, -0.15) is 0 Å². The summed E-state index contributed by atoms with van der Waals surface area (Å²) >= 11 is 0. The van der Waals surface area contributed by atoms with Gasteiger partial charge in [0, 0.05) is 6.07 Å². The number of nitrogens with one attached hydrogen (secondary N) is 2. The van der Waals surface area contributed by atoms with E-state index in [2.05, 4.69) is 10.6 Å². The van der Waals surface area contributed by atoms with E-state index in [1.165, 1.54) is 24.3 Å². The van der Waals surface area contributed by atoms with E-state index in [9.17, 15) is 24.5 Å². The van der Waals surface area contributed by atoms with Crippen molar-refractivity contribution in [2.45, 2.75) is 13.0 Å². The topological polar surface area (TPSA) is 146 Å². The average molecular weight is 455 g/mol. The first kappa shape index (κ1) is 23.3. The molecule has 172 valence electrons. The first-order valence-electron chi connectivity index (χ1n) is 9.95. The third-order valence-electron chi connectivity index (χ3n) is 4.57. The fourth-order valence-electron chi connectivity index (χ4n) is 3.14. The molecule has 0 saturated carbocycles. The van der Waals surface area contributed by atoms with Crippen LogP contribution >= 0.6 is 0 Å². The molecule has 3 rings (SSSR count). The molecule has 2 amide bonds. The summed E-state index contributed by atoms with van der Waals surface area (Å²) in [6, 6.07) is 13.0. The molecule has 0 bridgehead atoms. The van der Waals surface area contributed by atoms with Crippen molar-refractivity contribution in [1.82, 2.24) is 10.6 Å². The number of amides is 2. The number of urea groups is 1. The Kier molecular flexibility index (Phi) is 7.58. The SMILES string of the molecule is CCOC(=O)C1=C(COC(=O)COc2ccccc2[N+](=O)[O-])NC(=O)NC1c1ccccc1. The molecule has 0 aliphatic carbocycles. The van der Waals surface area contributed by atoms with Crippen molar-refractivity contribution >= 4 is 23.7 Å². The fraction of sp³-hybridized carbons (Fsp3) is 0.227. The number of carbonyl (C=O) groups excluding carboxylic acids is 3. The molecule has 0 radical (unpaired) electrons. The molecule has 11 heteroatoms. The van der Waals surface area contributed by atoms with E-state index in [1.807, 2.05) is 0 Å². The van der Waals surface area contributed by atoms with Crippen LogP contribution in [0.2, 0.25) is 0 Å². The largest absolute Gasteiger partial charge is 0.475 e. The van der Waals surface area contributed by atoms with Gasteiger partial charge in [0.25, 0.3) is 0 Å². The van der Waals surface area contributed by atoms with E-state index in [1.54, 1.807) is 37.3 Å². The maximum absolute atomic E-state index is 12.7. The Bertz CT molecular complexity index is 1080. The van der Waals surface area contributed by atoms with Crippen molar-refractivity contribution in [3.8, 4) is 5.75 Å². The van der Waals surface area contributed by atoms with E-state index in [0.717, 1.165) is 0 Å². The lowest BCUT2D eigenvalue weighted by Gasteiger charge is -2.29. The van der Waals surface area contributed by atoms with Gasteiger partial charge in [-0.05, 0) is 18.6 Å². The normalized spacial score (nSPS) is 15.2. The van der Waals surface area contributed by atoms with Crippen molar-refractivity contribution in [1.29, 1.82) is 0 Å². The molecular weight excluding hydrogens is 434 g/mol. The predicted molar refractivity (Wildman–Crippen MR) is 114 cm³/mol. The lowest BCUT2D eigenvalue weighted by molar-refractivity contribution is -0.385. The molecule has 2 N–H and O–H groups in total. The molecule has 1 aliphatic rings. The summed E-state index contributed by atoms with van der Waals surface area (Å²) in [4.78, 5) is 47.5. The quantitative estimate of drug-likeness (QED) is 0.333. The molecule has 0 fully saturated rings. The highest BCUT2D eigenvalue weighted by Gasteiger charge is 2.34. The van der Waals surface area contributed by atoms with Crippen LogP contribution in [0.5, 0.6) is 5.75 Å². The monoisotopic (exact) mass is 455 g/mol. The Labute approximate surface area is 188 Å². The molecule has 1 atom stereocenters. The minimum atomic E-state index is -0.854. The molecule has 0 saturated heterocycles. The van der Waals surface area contributed by atoms with Crippen molar-refractivity contribution < 1.29 is 33.5 Å². The van der Waals surface area contributed by atoms with Gasteiger partial charge >= 0.3 is 23.7 Å². The third kappa shape index (κ3) is 5.85. The minimum Gasteiger partial charge on any atom is -0.475 e. The molecule has 2 aromatic rings. The number of nitro benzene ring substituents is 1. The van der Waals surface area contributed by atoms with E-state index in [0.29, 0.717) is 5.56 Å². The van der Waals surface area contributed by atoms with Gasteiger partial charge in [0.05, 0.1) is 28.8 Å². The average Bonchev–Trinajstić information content (AvgIpc) is 2.81. The molecule has 1 heterocycles. The van der Waals surface area contributed by atoms with Gasteiger partial charge in [0.15, 0.2) is 12.4 Å². The molecule has 33 heavy (non-hydrogen) atoms. The molecular formula is C22H21N3O8. The van der Waals surface area contributed by atoms with Crippen molar-refractivity contribution in [3.05, 3.63) is 81.5 Å². The predicted octanol–water partition coefficient (Wildman–Crippen LogP) is 2.39. The molecule has 1 aliphatic heterocycles. The summed E-state index contributed by atoms with van der Waals surface area (Å²) in [5.74, 6) is -1.63. The minimum absolute atomic E-state index is 0.0603. The fourth-order valence-corrected chi connectivity index (χ4v) is 3.14. The van der Waals surface area contributed by atoms with Gasteiger partial charge in [-0.15, -0.1) is 0 Å². The van der Waals surface area contributed by atoms with E-state index < -0.39 is 42.1 Å². The number of hydrogen-bond donors (Lipinski definition) is 2. The number of carbonyl (C=O) groups is 3. The zero-order chi connectivity index (χ0) is 23.8. The van der Waals surface area contributed by atoms with Gasteiger partial charge < -0.3 is 24.8 Å². The highest BCUT2D eigenvalue weighted by atomic mass is 16.6. The summed E-state index contributed by atoms with van der Waals surface area (Å²) in [6.07, 6.45) is 0. The van der Waals surface area contributed by atoms with E-state index in [-0.39, 0.29) is 29.3 Å². The number of esters is 2. The maximum Gasteiger partial charge on any atom is 0.344 e. The molecule has 0 spiro atoms. The highest BCUT2D eigenvalue weighted by Crippen LogP contribution is 2.28. The summed E-state index contributed by atoms with van der Waals surface area (Å²) < 4.78 is 15.5. The van der Waals surface area contributed by atoms with Crippen LogP contribution in [0.1, 0.15) is 18.5 Å². The van der Waals surface area contributed by atoms with Crippen LogP contribution < -0.4 is 15.4 Å². The molecule has 11 nitrogen and oxygen atoms in total. The van der Waals surface area contributed by atoms with Crippen molar-refractivity contribution in [3.63, 3.8) is 0 Å². The van der Waals surface area contributed by atoms with Gasteiger partial charge in [0.1, 0.15) is 6.61 Å². The second-order valence-corrected chi connectivity index (χ2v) is 6.73. The first-order chi connectivity index (χ1) is 15.9. The first-order valence-corrected chi connectivity index (χ1v) is 9.95. The zero-order valence-electron chi connectivity index (χ0n) is 17.6. The Morgan fingerprint density at radius 1 is 1.06 bits per heavy atom. The van der Waals surface area contributed by atoms with Gasteiger partial charge in [-0.3, -0.25) is 10.1 Å². The highest BCUT2D eigenvalue weighted by molar-refractivity contribution is 5.95. The van der Waals surface area contributed by atoms with Crippen LogP contribution in [-0.2, 0) is 19.1 Å². The molecule has 2 aromatic carbocycles. The number of hydrogen-bond acceptors (Lipinski definition) is 8. The summed E-state index contributed by atoms with van der Waals surface area (Å²) in [5, 5.41) is 16.2. The smallest absolute Gasteiger partial charge is 0.344 e. The lowest BCUT2D eigenvalue weighted by atomic mass is 9.95. The second kappa shape index (κ2) is 10.8. The van der Waals surface area contributed by atoms with Crippen LogP contribution in [0, 0.1) is 10.1 Å². The standard InChI is InChI=1S/C22H21N3O8/c1-2-31-21(27)19-15(23-22(28)24-20(19)14-8-4-3-5-9-14)12-33-18(26)13-32-17-11-7-6-10-16(17)25(29)30/h3-11,20H,2,12-13H2,1H3,(H2,23,24,28). The van der Waals surface area contributed by atoms with Crippen LogP contribution in [0.25, 0.3) is 0 Å². The van der Waals surface area contributed by atoms with Crippen LogP contribution in [-0.4, -0.2) is 42.7 Å². The Morgan fingerprint density at radius 2 is 1.76 bits per heavy atom. The zero-order valence-corrected chi connectivity index (χ0v) is 17.6. The number of nitrogens with zero attached hydrogens (tertiary/aromatic N) is 1. The van der Waals surface area contributed by atoms with Crippen LogP contribution in [0.4, 0.5) is 10.5 Å². The van der Waals surface area contributed by atoms with Gasteiger partial charge in [-0.25, -0.2) is 14.4 Å². The van der Waals surface area contributed by atoms with Gasteiger partial charge in [-0.1, -0.05) is 42.5 Å². The number of ether oxygens (including phenoxy) is 3. The van der Waals surface area contributed by atoms with Gasteiger partial charge in [0.2, 0.25) is 0 Å². The second-order valence-electron chi connectivity index (χ2n) is 6.73. The lowest BCUT2D eigenvalue weighted by Crippen LogP contribution is -2.47. The number of rotatable bonds is 9. The number of nitro groups is 1. The Hall–Kier alpha value is -4.41. The molecule has 1 unspecified atom stereocenters. The van der Waals surface area contributed by atoms with Crippen LogP contribution in [0.3, 0.4) is 0 Å². The maximum atomic E-state index is 12.7. The number of para-hydroxylation sites is 2. The van der Waals surface area contributed by atoms with Crippen molar-refractivity contribution in [2.24, 2.45) is 0 Å². The van der Waals surface area contributed by atoms with Crippen LogP contribution in [0.15, 0.2) is 65.9 Å². The number of benzene rings is 2. The summed E-state index contributed by atoms with van der Waals surface area (Å²) in [6.45, 7) is 0.699. The van der Waals surface area contributed by atoms with E-state index >= 15 is 0 Å². The Morgan fingerprint density at radius 3 is 2.45 bits per heavy atom. The summed E-state index contributed by atoms with van der Waals surface area (Å²) in [5.41, 5.74) is 0.494. The van der Waals surface area contributed by atoms with E-state index in [4.69, 9.17) is 14.2 Å². The van der Waals surface area contributed by atoms with Crippen molar-refractivity contribution in [2.75, 3.05) is 19.8 Å².